The van der Waals surface area contributed by atoms with Crippen LogP contribution >= 0.6 is 11.3 Å². The van der Waals surface area contributed by atoms with Gasteiger partial charge in [0, 0.05) is 10.8 Å². The van der Waals surface area contributed by atoms with E-state index in [2.05, 4.69) is 10.3 Å². The Morgan fingerprint density at radius 2 is 1.81 bits per heavy atom. The van der Waals surface area contributed by atoms with E-state index in [1.807, 2.05) is 20.8 Å². The Balaban J connectivity index is 1.90. The average Bonchev–Trinajstić information content (AvgIpc) is 2.77. The van der Waals surface area contributed by atoms with Gasteiger partial charge < -0.3 is 10.4 Å². The van der Waals surface area contributed by atoms with E-state index in [1.165, 1.54) is 0 Å². The molecule has 5 nitrogen and oxygen atoms in total. The van der Waals surface area contributed by atoms with Crippen LogP contribution in [0.4, 0.5) is 0 Å². The second-order valence-electron chi connectivity index (χ2n) is 5.80. The van der Waals surface area contributed by atoms with Crippen LogP contribution in [0.15, 0.2) is 0 Å². The van der Waals surface area contributed by atoms with E-state index in [0.717, 1.165) is 15.6 Å². The van der Waals surface area contributed by atoms with Crippen molar-refractivity contribution in [3.8, 4) is 0 Å². The first-order valence-corrected chi connectivity index (χ1v) is 8.17. The number of carbonyl (C=O) groups is 2. The molecule has 2 rings (SSSR count). The fourth-order valence-corrected chi connectivity index (χ4v) is 3.88. The molecule has 0 bridgehead atoms. The number of nitrogens with zero attached hydrogens (tertiary/aromatic N) is 1. The van der Waals surface area contributed by atoms with Crippen molar-refractivity contribution in [3.63, 3.8) is 0 Å². The molecular weight excluding hydrogens is 288 g/mol. The zero-order valence-electron chi connectivity index (χ0n) is 12.7. The SMILES string of the molecule is Cc1nc(C)c(C(C)NC(=O)C2CCC(C(=O)O)CC2)s1. The van der Waals surface area contributed by atoms with Gasteiger partial charge in [-0.15, -0.1) is 11.3 Å². The number of hydrogen-bond donors (Lipinski definition) is 2. The largest absolute Gasteiger partial charge is 0.481 e. The topological polar surface area (TPSA) is 79.3 Å². The molecule has 1 saturated carbocycles. The fourth-order valence-electron chi connectivity index (χ4n) is 2.95. The van der Waals surface area contributed by atoms with Crippen molar-refractivity contribution >= 4 is 23.2 Å². The Morgan fingerprint density at radius 1 is 1.24 bits per heavy atom. The van der Waals surface area contributed by atoms with Crippen LogP contribution in [0.5, 0.6) is 0 Å². The van der Waals surface area contributed by atoms with Gasteiger partial charge in [0.2, 0.25) is 5.91 Å². The number of nitrogens with one attached hydrogen (secondary N) is 1. The number of thiazole rings is 1. The highest BCUT2D eigenvalue weighted by atomic mass is 32.1. The predicted molar refractivity (Wildman–Crippen MR) is 81.2 cm³/mol. The van der Waals surface area contributed by atoms with Gasteiger partial charge in [0.25, 0.3) is 0 Å². The zero-order chi connectivity index (χ0) is 15.6. The van der Waals surface area contributed by atoms with Gasteiger partial charge >= 0.3 is 5.97 Å². The summed E-state index contributed by atoms with van der Waals surface area (Å²) >= 11 is 1.61. The van der Waals surface area contributed by atoms with Crippen molar-refractivity contribution in [2.45, 2.75) is 52.5 Å². The predicted octanol–water partition coefficient (Wildman–Crippen LogP) is 2.83. The lowest BCUT2D eigenvalue weighted by molar-refractivity contribution is -0.144. The summed E-state index contributed by atoms with van der Waals surface area (Å²) in [6.07, 6.45) is 2.52. The third kappa shape index (κ3) is 3.81. The van der Waals surface area contributed by atoms with E-state index >= 15 is 0 Å². The van der Waals surface area contributed by atoms with Gasteiger partial charge in [0.1, 0.15) is 0 Å². The van der Waals surface area contributed by atoms with Gasteiger partial charge in [0.15, 0.2) is 0 Å². The van der Waals surface area contributed by atoms with Crippen LogP contribution in [0.3, 0.4) is 0 Å². The number of hydrogen-bond acceptors (Lipinski definition) is 4. The summed E-state index contributed by atoms with van der Waals surface area (Å²) in [5.74, 6) is -1.04. The summed E-state index contributed by atoms with van der Waals surface area (Å²) in [7, 11) is 0. The third-order valence-electron chi connectivity index (χ3n) is 4.14. The summed E-state index contributed by atoms with van der Waals surface area (Å²) in [6.45, 7) is 5.89. The Hall–Kier alpha value is -1.43. The fraction of sp³-hybridized carbons (Fsp3) is 0.667. The summed E-state index contributed by atoms with van der Waals surface area (Å²) in [6, 6.07) is -0.0408. The zero-order valence-corrected chi connectivity index (χ0v) is 13.5. The van der Waals surface area contributed by atoms with Gasteiger partial charge in [-0.05, 0) is 46.5 Å². The first-order chi connectivity index (χ1) is 9.88. The van der Waals surface area contributed by atoms with Gasteiger partial charge in [-0.1, -0.05) is 0 Å². The first-order valence-electron chi connectivity index (χ1n) is 7.35. The number of carbonyl (C=O) groups excluding carboxylic acids is 1. The molecule has 0 spiro atoms. The maximum atomic E-state index is 12.3. The third-order valence-corrected chi connectivity index (χ3v) is 5.39. The molecular formula is C15H22N2O3S. The van der Waals surface area contributed by atoms with Crippen LogP contribution in [-0.2, 0) is 9.59 Å². The van der Waals surface area contributed by atoms with Gasteiger partial charge in [0.05, 0.1) is 22.7 Å². The van der Waals surface area contributed by atoms with Gasteiger partial charge in [-0.2, -0.15) is 0 Å². The lowest BCUT2D eigenvalue weighted by atomic mass is 9.81. The smallest absolute Gasteiger partial charge is 0.306 e. The van der Waals surface area contributed by atoms with Gasteiger partial charge in [-0.3, -0.25) is 9.59 Å². The highest BCUT2D eigenvalue weighted by molar-refractivity contribution is 7.11. The van der Waals surface area contributed by atoms with E-state index in [4.69, 9.17) is 5.11 Å². The van der Waals surface area contributed by atoms with E-state index in [0.29, 0.717) is 25.7 Å². The summed E-state index contributed by atoms with van der Waals surface area (Å²) in [5.41, 5.74) is 0.972. The lowest BCUT2D eigenvalue weighted by Crippen LogP contribution is -2.35. The van der Waals surface area contributed by atoms with Crippen molar-refractivity contribution in [2.24, 2.45) is 11.8 Å². The van der Waals surface area contributed by atoms with Crippen LogP contribution in [0, 0.1) is 25.7 Å². The molecule has 0 radical (unpaired) electrons. The molecule has 1 aliphatic rings. The molecule has 0 aromatic carbocycles. The molecule has 21 heavy (non-hydrogen) atoms. The van der Waals surface area contributed by atoms with E-state index in [-0.39, 0.29) is 23.8 Å². The second kappa shape index (κ2) is 6.56. The molecule has 0 aliphatic heterocycles. The molecule has 1 heterocycles. The van der Waals surface area contributed by atoms with Crippen LogP contribution in [-0.4, -0.2) is 22.0 Å². The summed E-state index contributed by atoms with van der Waals surface area (Å²) < 4.78 is 0. The number of aromatic nitrogens is 1. The Kier molecular flexibility index (Phi) is 4.98. The second-order valence-corrected chi connectivity index (χ2v) is 7.03. The van der Waals surface area contributed by atoms with Crippen molar-refractivity contribution in [1.82, 2.24) is 10.3 Å². The molecule has 1 unspecified atom stereocenters. The normalized spacial score (nSPS) is 23.6. The van der Waals surface area contributed by atoms with Crippen molar-refractivity contribution in [2.75, 3.05) is 0 Å². The quantitative estimate of drug-likeness (QED) is 0.896. The first kappa shape index (κ1) is 15.9. The van der Waals surface area contributed by atoms with E-state index in [9.17, 15) is 9.59 Å². The minimum absolute atomic E-state index is 0.0387. The van der Waals surface area contributed by atoms with Crippen LogP contribution in [0.1, 0.15) is 54.2 Å². The maximum Gasteiger partial charge on any atom is 0.306 e. The van der Waals surface area contributed by atoms with Crippen molar-refractivity contribution in [3.05, 3.63) is 15.6 Å². The van der Waals surface area contributed by atoms with Gasteiger partial charge in [-0.25, -0.2) is 4.98 Å². The van der Waals surface area contributed by atoms with Crippen molar-refractivity contribution < 1.29 is 14.7 Å². The lowest BCUT2D eigenvalue weighted by Gasteiger charge is -2.26. The monoisotopic (exact) mass is 310 g/mol. The molecule has 1 aliphatic carbocycles. The minimum atomic E-state index is -0.738. The average molecular weight is 310 g/mol. The molecule has 1 fully saturated rings. The minimum Gasteiger partial charge on any atom is -0.481 e. The van der Waals surface area contributed by atoms with Crippen LogP contribution < -0.4 is 5.32 Å². The standard InChI is InChI=1S/C15H22N2O3S/c1-8-13(21-10(3)16-8)9(2)17-14(18)11-4-6-12(7-5-11)15(19)20/h9,11-12H,4-7H2,1-3H3,(H,17,18)(H,19,20). The summed E-state index contributed by atoms with van der Waals surface area (Å²) in [4.78, 5) is 28.7. The Morgan fingerprint density at radius 3 is 2.29 bits per heavy atom. The highest BCUT2D eigenvalue weighted by Crippen LogP contribution is 2.30. The molecule has 1 atom stereocenters. The summed E-state index contributed by atoms with van der Waals surface area (Å²) in [5, 5.41) is 13.0. The molecule has 116 valence electrons. The number of carboxylic acids is 1. The number of aliphatic carboxylic acids is 1. The van der Waals surface area contributed by atoms with Crippen LogP contribution in [0.25, 0.3) is 0 Å². The maximum absolute atomic E-state index is 12.3. The number of carboxylic acid groups (broad SMARTS) is 1. The van der Waals surface area contributed by atoms with E-state index < -0.39 is 5.97 Å². The molecule has 1 amide bonds. The molecule has 2 N–H and O–H groups in total. The van der Waals surface area contributed by atoms with Crippen LogP contribution in [0.2, 0.25) is 0 Å². The van der Waals surface area contributed by atoms with Crippen molar-refractivity contribution in [1.29, 1.82) is 0 Å². The van der Waals surface area contributed by atoms with E-state index in [1.54, 1.807) is 11.3 Å². The number of aryl methyl sites for hydroxylation is 2. The Labute approximate surface area is 128 Å². The molecule has 1 aromatic heterocycles. The molecule has 6 heteroatoms. The number of amides is 1. The Bertz CT molecular complexity index is 533. The molecule has 0 saturated heterocycles. The molecule has 1 aromatic rings. The number of rotatable bonds is 4. The highest BCUT2D eigenvalue weighted by Gasteiger charge is 2.30.